The van der Waals surface area contributed by atoms with E-state index in [1.165, 1.54) is 0 Å². The van der Waals surface area contributed by atoms with Gasteiger partial charge in [0.1, 0.15) is 5.82 Å². The predicted octanol–water partition coefficient (Wildman–Crippen LogP) is 2.47. The van der Waals surface area contributed by atoms with Gasteiger partial charge in [-0.1, -0.05) is 5.16 Å². The molecule has 3 heterocycles. The Morgan fingerprint density at radius 2 is 2.23 bits per heavy atom. The van der Waals surface area contributed by atoms with Crippen LogP contribution in [-0.2, 0) is 4.79 Å². The molecule has 1 fully saturated rings. The summed E-state index contributed by atoms with van der Waals surface area (Å²) in [5, 5.41) is 3.95. The van der Waals surface area contributed by atoms with Crippen molar-refractivity contribution < 1.29 is 9.32 Å². The second-order valence-electron chi connectivity index (χ2n) is 5.85. The second-order valence-corrected chi connectivity index (χ2v) is 5.85. The van der Waals surface area contributed by atoms with Gasteiger partial charge >= 0.3 is 0 Å². The molecular formula is C16H20N4O2. The minimum Gasteiger partial charge on any atom is -0.356 e. The summed E-state index contributed by atoms with van der Waals surface area (Å²) in [5.41, 5.74) is 2.66. The first-order valence-corrected chi connectivity index (χ1v) is 7.57. The maximum Gasteiger partial charge on any atom is 0.219 e. The lowest BCUT2D eigenvalue weighted by molar-refractivity contribution is -0.130. The Morgan fingerprint density at radius 3 is 2.91 bits per heavy atom. The van der Waals surface area contributed by atoms with Gasteiger partial charge in [0.2, 0.25) is 5.91 Å². The Morgan fingerprint density at radius 1 is 1.41 bits per heavy atom. The maximum atomic E-state index is 11.7. The van der Waals surface area contributed by atoms with Crippen molar-refractivity contribution in [3.05, 3.63) is 29.5 Å². The highest BCUT2D eigenvalue weighted by atomic mass is 16.5. The standard InChI is InChI=1S/C16H20N4O2/c1-10-7-15(22-19-10)14-8-17-11(2)18-16(14)13-5-4-6-20(9-13)12(3)21/h7-8,13H,4-6,9H2,1-3H3/t13-/m1/s1. The van der Waals surface area contributed by atoms with Gasteiger partial charge in [-0.2, -0.15) is 0 Å². The molecule has 6 nitrogen and oxygen atoms in total. The minimum atomic E-state index is 0.118. The summed E-state index contributed by atoms with van der Waals surface area (Å²) in [6.45, 7) is 6.91. The van der Waals surface area contributed by atoms with E-state index in [2.05, 4.69) is 15.1 Å². The van der Waals surface area contributed by atoms with Crippen molar-refractivity contribution in [2.75, 3.05) is 13.1 Å². The zero-order valence-electron chi connectivity index (χ0n) is 13.2. The molecule has 116 valence electrons. The quantitative estimate of drug-likeness (QED) is 0.852. The van der Waals surface area contributed by atoms with Crippen LogP contribution in [-0.4, -0.2) is 39.0 Å². The normalized spacial score (nSPS) is 18.5. The van der Waals surface area contributed by atoms with Crippen LogP contribution in [0.4, 0.5) is 0 Å². The predicted molar refractivity (Wildman–Crippen MR) is 81.2 cm³/mol. The number of likely N-dealkylation sites (tertiary alicyclic amines) is 1. The number of carbonyl (C=O) groups is 1. The summed E-state index contributed by atoms with van der Waals surface area (Å²) in [7, 11) is 0. The van der Waals surface area contributed by atoms with Crippen LogP contribution in [0.5, 0.6) is 0 Å². The smallest absolute Gasteiger partial charge is 0.219 e. The van der Waals surface area contributed by atoms with Gasteiger partial charge in [-0.3, -0.25) is 4.79 Å². The first-order chi connectivity index (χ1) is 10.5. The van der Waals surface area contributed by atoms with E-state index in [0.29, 0.717) is 12.3 Å². The fraction of sp³-hybridized carbons (Fsp3) is 0.500. The number of carbonyl (C=O) groups excluding carboxylic acids is 1. The SMILES string of the molecule is CC(=O)N1CCC[C@@H](c2nc(C)ncc2-c2cc(C)no2)C1. The number of piperidine rings is 1. The number of aryl methyl sites for hydroxylation is 2. The molecule has 22 heavy (non-hydrogen) atoms. The summed E-state index contributed by atoms with van der Waals surface area (Å²) >= 11 is 0. The number of aromatic nitrogens is 3. The van der Waals surface area contributed by atoms with Gasteiger partial charge < -0.3 is 9.42 Å². The van der Waals surface area contributed by atoms with Crippen LogP contribution in [0, 0.1) is 13.8 Å². The van der Waals surface area contributed by atoms with E-state index in [9.17, 15) is 4.79 Å². The lowest BCUT2D eigenvalue weighted by Gasteiger charge is -2.32. The van der Waals surface area contributed by atoms with Crippen molar-refractivity contribution in [3.63, 3.8) is 0 Å². The Labute approximate surface area is 129 Å². The highest BCUT2D eigenvalue weighted by Gasteiger charge is 2.27. The summed E-state index contributed by atoms with van der Waals surface area (Å²) in [6, 6.07) is 1.89. The third-order valence-corrected chi connectivity index (χ3v) is 4.09. The lowest BCUT2D eigenvalue weighted by atomic mass is 9.91. The molecule has 3 rings (SSSR count). The Bertz CT molecular complexity index is 695. The topological polar surface area (TPSA) is 72.1 Å². The minimum absolute atomic E-state index is 0.118. The number of hydrogen-bond donors (Lipinski definition) is 0. The number of amides is 1. The van der Waals surface area contributed by atoms with E-state index in [0.717, 1.165) is 42.2 Å². The van der Waals surface area contributed by atoms with Crippen molar-refractivity contribution in [1.82, 2.24) is 20.0 Å². The molecule has 0 unspecified atom stereocenters. The van der Waals surface area contributed by atoms with Crippen LogP contribution < -0.4 is 0 Å². The third-order valence-electron chi connectivity index (χ3n) is 4.09. The molecule has 0 aliphatic carbocycles. The fourth-order valence-electron chi connectivity index (χ4n) is 2.97. The van der Waals surface area contributed by atoms with Crippen molar-refractivity contribution in [2.24, 2.45) is 0 Å². The fourth-order valence-corrected chi connectivity index (χ4v) is 2.97. The van der Waals surface area contributed by atoms with Gasteiger partial charge in [-0.15, -0.1) is 0 Å². The van der Waals surface area contributed by atoms with Gasteiger partial charge in [-0.25, -0.2) is 9.97 Å². The number of rotatable bonds is 2. The molecule has 0 radical (unpaired) electrons. The molecule has 0 spiro atoms. The number of hydrogen-bond acceptors (Lipinski definition) is 5. The third kappa shape index (κ3) is 2.86. The van der Waals surface area contributed by atoms with Gasteiger partial charge in [-0.05, 0) is 26.7 Å². The van der Waals surface area contributed by atoms with E-state index < -0.39 is 0 Å². The maximum absolute atomic E-state index is 11.7. The molecule has 6 heteroatoms. The van der Waals surface area contributed by atoms with Crippen LogP contribution >= 0.6 is 0 Å². The van der Waals surface area contributed by atoms with Crippen LogP contribution in [0.25, 0.3) is 11.3 Å². The molecule has 0 saturated carbocycles. The van der Waals surface area contributed by atoms with E-state index in [1.54, 1.807) is 13.1 Å². The highest BCUT2D eigenvalue weighted by molar-refractivity contribution is 5.73. The van der Waals surface area contributed by atoms with Crippen LogP contribution in [0.3, 0.4) is 0 Å². The van der Waals surface area contributed by atoms with Crippen molar-refractivity contribution >= 4 is 5.91 Å². The molecular weight excluding hydrogens is 280 g/mol. The first kappa shape index (κ1) is 14.7. The van der Waals surface area contributed by atoms with Crippen molar-refractivity contribution in [1.29, 1.82) is 0 Å². The van der Waals surface area contributed by atoms with Crippen LogP contribution in [0.1, 0.15) is 42.9 Å². The summed E-state index contributed by atoms with van der Waals surface area (Å²) in [4.78, 5) is 22.5. The van der Waals surface area contributed by atoms with Gasteiger partial charge in [0.15, 0.2) is 5.76 Å². The van der Waals surface area contributed by atoms with Gasteiger partial charge in [0.25, 0.3) is 0 Å². The van der Waals surface area contributed by atoms with E-state index in [4.69, 9.17) is 4.52 Å². The molecule has 1 aliphatic heterocycles. The van der Waals surface area contributed by atoms with Gasteiger partial charge in [0, 0.05) is 38.2 Å². The van der Waals surface area contributed by atoms with E-state index >= 15 is 0 Å². The largest absolute Gasteiger partial charge is 0.356 e. The van der Waals surface area contributed by atoms with Crippen molar-refractivity contribution in [2.45, 2.75) is 39.5 Å². The Balaban J connectivity index is 1.98. The summed E-state index contributed by atoms with van der Waals surface area (Å²) < 4.78 is 5.39. The Hall–Kier alpha value is -2.24. The molecule has 1 saturated heterocycles. The first-order valence-electron chi connectivity index (χ1n) is 7.57. The lowest BCUT2D eigenvalue weighted by Crippen LogP contribution is -2.38. The molecule has 1 atom stereocenters. The molecule has 2 aromatic rings. The molecule has 1 aliphatic rings. The Kier molecular flexibility index (Phi) is 3.92. The van der Waals surface area contributed by atoms with Crippen LogP contribution in [0.15, 0.2) is 16.8 Å². The molecule has 1 amide bonds. The van der Waals surface area contributed by atoms with Crippen LogP contribution in [0.2, 0.25) is 0 Å². The van der Waals surface area contributed by atoms with Crippen molar-refractivity contribution in [3.8, 4) is 11.3 Å². The second kappa shape index (κ2) is 5.87. The van der Waals surface area contributed by atoms with E-state index in [-0.39, 0.29) is 11.8 Å². The van der Waals surface area contributed by atoms with E-state index in [1.807, 2.05) is 24.8 Å². The average molecular weight is 300 g/mol. The molecule has 0 aromatic carbocycles. The summed E-state index contributed by atoms with van der Waals surface area (Å²) in [5.74, 6) is 1.75. The zero-order valence-corrected chi connectivity index (χ0v) is 13.2. The monoisotopic (exact) mass is 300 g/mol. The molecule has 0 N–H and O–H groups in total. The highest BCUT2D eigenvalue weighted by Crippen LogP contribution is 2.33. The molecule has 0 bridgehead atoms. The summed E-state index contributed by atoms with van der Waals surface area (Å²) in [6.07, 6.45) is 3.80. The molecule has 2 aromatic heterocycles. The zero-order chi connectivity index (χ0) is 15.7. The van der Waals surface area contributed by atoms with Gasteiger partial charge in [0.05, 0.1) is 17.0 Å². The number of nitrogens with zero attached hydrogens (tertiary/aromatic N) is 4. The average Bonchev–Trinajstić information content (AvgIpc) is 2.93.